The molecule has 0 unspecified atom stereocenters. The Morgan fingerprint density at radius 1 is 1.19 bits per heavy atom. The lowest BCUT2D eigenvalue weighted by Gasteiger charge is -2.13. The fraction of sp³-hybridized carbons (Fsp3) is 0.850. The highest BCUT2D eigenvalue weighted by atomic mass is 16.2. The number of nitrogens with zero attached hydrogens (tertiary/aromatic N) is 4. The molecule has 0 radical (unpaired) electrons. The zero-order valence-corrected chi connectivity index (χ0v) is 16.9. The maximum atomic E-state index is 12.3. The minimum atomic E-state index is 0.0469. The molecule has 3 rings (SSSR count). The first-order valence-electron chi connectivity index (χ1n) is 11.0. The van der Waals surface area contributed by atoms with E-state index >= 15 is 0 Å². The smallest absolute Gasteiger partial charge is 0.345 e. The molecule has 1 saturated carbocycles. The van der Waals surface area contributed by atoms with Crippen LogP contribution in [-0.4, -0.2) is 39.9 Å². The second-order valence-electron chi connectivity index (χ2n) is 7.86. The van der Waals surface area contributed by atoms with Crippen molar-refractivity contribution in [2.75, 3.05) is 19.6 Å². The highest BCUT2D eigenvalue weighted by Crippen LogP contribution is 2.28. The van der Waals surface area contributed by atoms with Crippen molar-refractivity contribution in [2.24, 2.45) is 10.9 Å². The Morgan fingerprint density at radius 3 is 2.81 bits per heavy atom. The quantitative estimate of drug-likeness (QED) is 0.394. The molecule has 0 spiro atoms. The Morgan fingerprint density at radius 2 is 2.04 bits per heavy atom. The third kappa shape index (κ3) is 5.84. The number of hydrogen-bond donors (Lipinski definition) is 2. The van der Waals surface area contributed by atoms with Gasteiger partial charge in [0, 0.05) is 39.1 Å². The highest BCUT2D eigenvalue weighted by Gasteiger charge is 2.16. The molecule has 0 bridgehead atoms. The van der Waals surface area contributed by atoms with Crippen molar-refractivity contribution in [3.05, 3.63) is 16.3 Å². The van der Waals surface area contributed by atoms with E-state index in [0.29, 0.717) is 13.1 Å². The molecule has 2 N–H and O–H groups in total. The standard InChI is InChI=1S/C20H36N6O/c1-2-21-19(22-13-7-11-17-9-3-4-10-17)23-14-8-16-26-20(27)25-15-6-5-12-18(25)24-26/h17H,2-16H2,1H3,(H2,21,22,23). The Balaban J connectivity index is 1.39. The summed E-state index contributed by atoms with van der Waals surface area (Å²) in [5, 5.41) is 11.2. The predicted molar refractivity (Wildman–Crippen MR) is 109 cm³/mol. The van der Waals surface area contributed by atoms with E-state index in [2.05, 4.69) is 27.6 Å². The van der Waals surface area contributed by atoms with Crippen LogP contribution in [0.3, 0.4) is 0 Å². The van der Waals surface area contributed by atoms with Crippen molar-refractivity contribution in [1.82, 2.24) is 25.0 Å². The summed E-state index contributed by atoms with van der Waals surface area (Å²) in [5.74, 6) is 2.79. The van der Waals surface area contributed by atoms with Gasteiger partial charge in [-0.25, -0.2) is 9.48 Å². The van der Waals surface area contributed by atoms with E-state index in [-0.39, 0.29) is 5.69 Å². The van der Waals surface area contributed by atoms with Crippen LogP contribution in [-0.2, 0) is 19.5 Å². The summed E-state index contributed by atoms with van der Waals surface area (Å²) < 4.78 is 3.46. The summed E-state index contributed by atoms with van der Waals surface area (Å²) in [6.07, 6.45) is 12.2. The van der Waals surface area contributed by atoms with E-state index in [9.17, 15) is 4.79 Å². The predicted octanol–water partition coefficient (Wildman–Crippen LogP) is 2.30. The number of aromatic nitrogens is 3. The molecule has 2 aliphatic rings. The van der Waals surface area contributed by atoms with Crippen LogP contribution in [0.5, 0.6) is 0 Å². The van der Waals surface area contributed by atoms with E-state index in [0.717, 1.165) is 63.0 Å². The van der Waals surface area contributed by atoms with Crippen molar-refractivity contribution >= 4 is 5.96 Å². The summed E-state index contributed by atoms with van der Waals surface area (Å²) in [4.78, 5) is 17.0. The third-order valence-corrected chi connectivity index (χ3v) is 5.73. The number of hydrogen-bond acceptors (Lipinski definition) is 3. The number of aliphatic imine (C=N–C) groups is 1. The van der Waals surface area contributed by atoms with Gasteiger partial charge in [0.15, 0.2) is 5.96 Å². The Hall–Kier alpha value is -1.79. The average molecular weight is 377 g/mol. The maximum Gasteiger partial charge on any atom is 0.345 e. The van der Waals surface area contributed by atoms with Gasteiger partial charge >= 0.3 is 5.69 Å². The zero-order valence-electron chi connectivity index (χ0n) is 16.9. The monoisotopic (exact) mass is 376 g/mol. The summed E-state index contributed by atoms with van der Waals surface area (Å²) in [6, 6.07) is 0. The molecule has 0 amide bonds. The molecule has 7 nitrogen and oxygen atoms in total. The topological polar surface area (TPSA) is 76.2 Å². The number of guanidine groups is 1. The fourth-order valence-electron chi connectivity index (χ4n) is 4.24. The Kier molecular flexibility index (Phi) is 7.78. The number of nitrogens with one attached hydrogen (secondary N) is 2. The first-order chi connectivity index (χ1) is 13.3. The minimum Gasteiger partial charge on any atom is -0.357 e. The average Bonchev–Trinajstić information content (AvgIpc) is 3.31. The van der Waals surface area contributed by atoms with E-state index in [4.69, 9.17) is 0 Å². The van der Waals surface area contributed by atoms with E-state index in [1.807, 2.05) is 4.57 Å². The molecule has 1 fully saturated rings. The normalized spacial score (nSPS) is 17.9. The van der Waals surface area contributed by atoms with E-state index in [1.54, 1.807) is 4.68 Å². The zero-order chi connectivity index (χ0) is 18.9. The first-order valence-corrected chi connectivity index (χ1v) is 11.0. The van der Waals surface area contributed by atoms with Gasteiger partial charge in [0.2, 0.25) is 0 Å². The van der Waals surface area contributed by atoms with Crippen LogP contribution < -0.4 is 16.3 Å². The van der Waals surface area contributed by atoms with Crippen molar-refractivity contribution in [1.29, 1.82) is 0 Å². The lowest BCUT2D eigenvalue weighted by Crippen LogP contribution is -2.38. The van der Waals surface area contributed by atoms with Gasteiger partial charge in [-0.3, -0.25) is 9.56 Å². The SMILES string of the molecule is CCNC(=NCCCn1nc2n(c1=O)CCCC2)NCCCC1CCCC1. The number of aryl methyl sites for hydroxylation is 2. The summed E-state index contributed by atoms with van der Waals surface area (Å²) in [7, 11) is 0. The van der Waals surface area contributed by atoms with Gasteiger partial charge in [-0.05, 0) is 44.9 Å². The van der Waals surface area contributed by atoms with Gasteiger partial charge in [0.25, 0.3) is 0 Å². The van der Waals surface area contributed by atoms with Crippen LogP contribution in [0.25, 0.3) is 0 Å². The van der Waals surface area contributed by atoms with Gasteiger partial charge in [-0.2, -0.15) is 5.10 Å². The van der Waals surface area contributed by atoms with Crippen molar-refractivity contribution in [3.63, 3.8) is 0 Å². The fourth-order valence-corrected chi connectivity index (χ4v) is 4.24. The molecule has 1 aliphatic heterocycles. The van der Waals surface area contributed by atoms with Gasteiger partial charge in [0.05, 0.1) is 0 Å². The second-order valence-corrected chi connectivity index (χ2v) is 7.86. The molecule has 1 aliphatic carbocycles. The van der Waals surface area contributed by atoms with Gasteiger partial charge in [-0.1, -0.05) is 25.7 Å². The third-order valence-electron chi connectivity index (χ3n) is 5.73. The largest absolute Gasteiger partial charge is 0.357 e. The van der Waals surface area contributed by atoms with Crippen molar-refractivity contribution in [3.8, 4) is 0 Å². The maximum absolute atomic E-state index is 12.3. The van der Waals surface area contributed by atoms with Crippen LogP contribution in [0.2, 0.25) is 0 Å². The molecular weight excluding hydrogens is 340 g/mol. The van der Waals surface area contributed by atoms with Crippen LogP contribution in [0.15, 0.2) is 9.79 Å². The van der Waals surface area contributed by atoms with Crippen LogP contribution in [0.4, 0.5) is 0 Å². The minimum absolute atomic E-state index is 0.0469. The highest BCUT2D eigenvalue weighted by molar-refractivity contribution is 5.79. The number of rotatable bonds is 9. The molecule has 2 heterocycles. The number of fused-ring (bicyclic) bond motifs is 1. The lowest BCUT2D eigenvalue weighted by molar-refractivity contribution is 0.481. The Labute approximate surface area is 162 Å². The summed E-state index contributed by atoms with van der Waals surface area (Å²) >= 11 is 0. The van der Waals surface area contributed by atoms with Gasteiger partial charge < -0.3 is 10.6 Å². The molecule has 1 aromatic heterocycles. The molecule has 152 valence electrons. The molecular formula is C20H36N6O. The second kappa shape index (κ2) is 10.5. The lowest BCUT2D eigenvalue weighted by atomic mass is 10.0. The molecule has 0 saturated heterocycles. The van der Waals surface area contributed by atoms with E-state index < -0.39 is 0 Å². The van der Waals surface area contributed by atoms with Crippen molar-refractivity contribution < 1.29 is 0 Å². The summed E-state index contributed by atoms with van der Waals surface area (Å²) in [6.45, 7) is 6.10. The summed E-state index contributed by atoms with van der Waals surface area (Å²) in [5.41, 5.74) is 0.0469. The molecule has 27 heavy (non-hydrogen) atoms. The molecule has 0 aromatic carbocycles. The van der Waals surface area contributed by atoms with Crippen LogP contribution >= 0.6 is 0 Å². The van der Waals surface area contributed by atoms with Gasteiger partial charge in [0.1, 0.15) is 5.82 Å². The molecule has 7 heteroatoms. The van der Waals surface area contributed by atoms with Gasteiger partial charge in [-0.15, -0.1) is 0 Å². The first kappa shape index (κ1) is 20.0. The van der Waals surface area contributed by atoms with Crippen LogP contribution in [0.1, 0.15) is 70.5 Å². The molecule has 0 atom stereocenters. The van der Waals surface area contributed by atoms with E-state index in [1.165, 1.54) is 38.5 Å². The van der Waals surface area contributed by atoms with Crippen LogP contribution in [0, 0.1) is 5.92 Å². The molecule has 1 aromatic rings. The van der Waals surface area contributed by atoms with Crippen molar-refractivity contribution in [2.45, 2.75) is 84.2 Å². The Bertz CT molecular complexity index is 656.